The van der Waals surface area contributed by atoms with Crippen molar-refractivity contribution in [2.24, 2.45) is 0 Å². The number of hydrogen-bond donors (Lipinski definition) is 2. The largest absolute Gasteiger partial charge is 0.486 e. The van der Waals surface area contributed by atoms with Crippen LogP contribution in [-0.2, 0) is 0 Å². The fourth-order valence-corrected chi connectivity index (χ4v) is 4.31. The molecule has 2 aromatic carbocycles. The molecule has 1 aliphatic rings. The van der Waals surface area contributed by atoms with E-state index < -0.39 is 0 Å². The minimum Gasteiger partial charge on any atom is -0.486 e. The van der Waals surface area contributed by atoms with E-state index in [4.69, 9.17) is 10.1 Å². The Balaban J connectivity index is 0.000000225. The van der Waals surface area contributed by atoms with Gasteiger partial charge in [0, 0.05) is 29.8 Å². The maximum atomic E-state index is 11.7. The Morgan fingerprint density at radius 1 is 0.968 bits per heavy atom. The molecule has 0 saturated heterocycles. The fourth-order valence-electron chi connectivity index (χ4n) is 4.31. The van der Waals surface area contributed by atoms with Gasteiger partial charge in [-0.15, -0.1) is 0 Å². The zero-order valence-electron chi connectivity index (χ0n) is 19.8. The number of amides is 1. The maximum Gasteiger partial charge on any atom is 0.251 e. The molecule has 0 spiro atoms. The number of carbonyl (C=O) groups is 1. The molecule has 0 bridgehead atoms. The number of rotatable bonds is 7. The number of benzene rings is 2. The van der Waals surface area contributed by atoms with Crippen LogP contribution in [0.1, 0.15) is 86.3 Å². The second kappa shape index (κ2) is 11.7. The van der Waals surface area contributed by atoms with Gasteiger partial charge in [-0.05, 0) is 56.4 Å². The lowest BCUT2D eigenvalue weighted by Gasteiger charge is -2.39. The summed E-state index contributed by atoms with van der Waals surface area (Å²) in [4.78, 5) is 11.7. The van der Waals surface area contributed by atoms with Crippen LogP contribution < -0.4 is 10.1 Å². The van der Waals surface area contributed by atoms with Crippen LogP contribution in [0.2, 0.25) is 0 Å². The highest BCUT2D eigenvalue weighted by Crippen LogP contribution is 2.38. The van der Waals surface area contributed by atoms with Crippen molar-refractivity contribution in [3.63, 3.8) is 0 Å². The molecule has 0 radical (unpaired) electrons. The lowest BCUT2D eigenvalue weighted by atomic mass is 9.83. The second-order valence-corrected chi connectivity index (χ2v) is 8.46. The third-order valence-corrected chi connectivity index (χ3v) is 5.69. The molecule has 1 heterocycles. The predicted molar refractivity (Wildman–Crippen MR) is 130 cm³/mol. The SMILES string of the molecule is CCCC1(CCC)CC(=N)c2ccccc2O1.CCCNC(=O)c1c(C)cccc1C. The van der Waals surface area contributed by atoms with Gasteiger partial charge in [-0.3, -0.25) is 4.79 Å². The van der Waals surface area contributed by atoms with E-state index in [1.54, 1.807) is 0 Å². The van der Waals surface area contributed by atoms with Gasteiger partial charge in [-0.1, -0.05) is 63.9 Å². The third kappa shape index (κ3) is 6.43. The van der Waals surface area contributed by atoms with Crippen LogP contribution in [0.5, 0.6) is 5.75 Å². The molecule has 1 aliphatic heterocycles. The minimum atomic E-state index is -0.130. The summed E-state index contributed by atoms with van der Waals surface area (Å²) >= 11 is 0. The van der Waals surface area contributed by atoms with Crippen molar-refractivity contribution in [1.29, 1.82) is 5.41 Å². The van der Waals surface area contributed by atoms with Crippen LogP contribution in [0.15, 0.2) is 42.5 Å². The molecule has 0 saturated carbocycles. The normalized spacial score (nSPS) is 14.0. The maximum absolute atomic E-state index is 11.7. The highest BCUT2D eigenvalue weighted by atomic mass is 16.5. The summed E-state index contributed by atoms with van der Waals surface area (Å²) in [5, 5.41) is 11.1. The first-order valence-electron chi connectivity index (χ1n) is 11.6. The van der Waals surface area contributed by atoms with E-state index in [1.807, 2.05) is 63.2 Å². The summed E-state index contributed by atoms with van der Waals surface area (Å²) in [5.41, 5.74) is 4.47. The zero-order valence-corrected chi connectivity index (χ0v) is 19.8. The van der Waals surface area contributed by atoms with Gasteiger partial charge < -0.3 is 15.5 Å². The molecule has 2 aromatic rings. The number of hydrogen-bond acceptors (Lipinski definition) is 3. The molecule has 0 aromatic heterocycles. The van der Waals surface area contributed by atoms with Crippen molar-refractivity contribution in [3.8, 4) is 5.75 Å². The molecule has 2 N–H and O–H groups in total. The van der Waals surface area contributed by atoms with Crippen molar-refractivity contribution in [3.05, 3.63) is 64.7 Å². The van der Waals surface area contributed by atoms with Crippen LogP contribution >= 0.6 is 0 Å². The van der Waals surface area contributed by atoms with Crippen LogP contribution in [0.4, 0.5) is 0 Å². The minimum absolute atomic E-state index is 0.0439. The first kappa shape index (κ1) is 24.6. The van der Waals surface area contributed by atoms with Gasteiger partial charge >= 0.3 is 0 Å². The van der Waals surface area contributed by atoms with Crippen molar-refractivity contribution in [2.45, 2.75) is 78.7 Å². The highest BCUT2D eigenvalue weighted by Gasteiger charge is 2.37. The molecule has 4 heteroatoms. The van der Waals surface area contributed by atoms with E-state index in [2.05, 4.69) is 19.2 Å². The van der Waals surface area contributed by atoms with Crippen molar-refractivity contribution in [2.75, 3.05) is 6.54 Å². The molecule has 4 nitrogen and oxygen atoms in total. The number of carbonyl (C=O) groups excluding carboxylic acids is 1. The molecular formula is C27H38N2O2. The van der Waals surface area contributed by atoms with E-state index >= 15 is 0 Å². The number of ether oxygens (including phenoxy) is 1. The van der Waals surface area contributed by atoms with Gasteiger partial charge in [0.15, 0.2) is 0 Å². The van der Waals surface area contributed by atoms with Gasteiger partial charge in [-0.2, -0.15) is 0 Å². The van der Waals surface area contributed by atoms with Crippen LogP contribution in [0.25, 0.3) is 0 Å². The Morgan fingerprint density at radius 2 is 1.58 bits per heavy atom. The topological polar surface area (TPSA) is 62.2 Å². The van der Waals surface area contributed by atoms with Gasteiger partial charge in [0.1, 0.15) is 11.4 Å². The molecule has 168 valence electrons. The summed E-state index contributed by atoms with van der Waals surface area (Å²) in [5.74, 6) is 0.938. The van der Waals surface area contributed by atoms with Gasteiger partial charge in [0.2, 0.25) is 0 Å². The van der Waals surface area contributed by atoms with E-state index in [0.717, 1.165) is 78.8 Å². The Kier molecular flexibility index (Phi) is 9.29. The molecule has 0 aliphatic carbocycles. The summed E-state index contributed by atoms with van der Waals surface area (Å²) in [6.07, 6.45) is 6.02. The molecule has 3 rings (SSSR count). The Hall–Kier alpha value is -2.62. The lowest BCUT2D eigenvalue weighted by molar-refractivity contribution is 0.0503. The molecular weight excluding hydrogens is 384 g/mol. The second-order valence-electron chi connectivity index (χ2n) is 8.46. The van der Waals surface area contributed by atoms with Crippen molar-refractivity contribution >= 4 is 11.6 Å². The number of nitrogens with one attached hydrogen (secondary N) is 2. The van der Waals surface area contributed by atoms with E-state index in [-0.39, 0.29) is 11.5 Å². The Labute approximate surface area is 187 Å². The van der Waals surface area contributed by atoms with Gasteiger partial charge in [-0.25, -0.2) is 0 Å². The van der Waals surface area contributed by atoms with Gasteiger partial charge in [0.05, 0.1) is 0 Å². The number of para-hydroxylation sites is 1. The molecule has 1 amide bonds. The van der Waals surface area contributed by atoms with Crippen molar-refractivity contribution < 1.29 is 9.53 Å². The summed E-state index contributed by atoms with van der Waals surface area (Å²) in [6, 6.07) is 13.8. The lowest BCUT2D eigenvalue weighted by Crippen LogP contribution is -2.41. The van der Waals surface area contributed by atoms with Crippen molar-refractivity contribution in [1.82, 2.24) is 5.32 Å². The van der Waals surface area contributed by atoms with Gasteiger partial charge in [0.25, 0.3) is 5.91 Å². The third-order valence-electron chi connectivity index (χ3n) is 5.69. The van der Waals surface area contributed by atoms with Crippen LogP contribution in [-0.4, -0.2) is 23.8 Å². The monoisotopic (exact) mass is 422 g/mol. The Morgan fingerprint density at radius 3 is 2.16 bits per heavy atom. The van der Waals surface area contributed by atoms with E-state index in [1.165, 1.54) is 0 Å². The summed E-state index contributed by atoms with van der Waals surface area (Å²) in [6.45, 7) is 11.1. The van der Waals surface area contributed by atoms with E-state index in [9.17, 15) is 4.79 Å². The standard InChI is InChI=1S/C15H21NO.C12H17NO/c1-3-9-15(10-4-2)11-13(16)12-7-5-6-8-14(12)17-15;1-4-8-13-12(14)11-9(2)6-5-7-10(11)3/h5-8,16H,3-4,9-11H2,1-2H3;5-7H,4,8H2,1-3H3,(H,13,14). The molecule has 0 unspecified atom stereocenters. The Bertz CT molecular complexity index is 862. The number of aryl methyl sites for hydroxylation is 2. The smallest absolute Gasteiger partial charge is 0.251 e. The zero-order chi connectivity index (χ0) is 22.9. The molecule has 0 atom stereocenters. The van der Waals surface area contributed by atoms with Crippen LogP contribution in [0.3, 0.4) is 0 Å². The summed E-state index contributed by atoms with van der Waals surface area (Å²) < 4.78 is 6.23. The quantitative estimate of drug-likeness (QED) is 0.527. The first-order valence-corrected chi connectivity index (χ1v) is 11.6. The predicted octanol–water partition coefficient (Wildman–Crippen LogP) is 6.62. The molecule has 31 heavy (non-hydrogen) atoms. The summed E-state index contributed by atoms with van der Waals surface area (Å²) in [7, 11) is 0. The van der Waals surface area contributed by atoms with E-state index in [0.29, 0.717) is 0 Å². The van der Waals surface area contributed by atoms with Crippen LogP contribution in [0, 0.1) is 19.3 Å². The average molecular weight is 423 g/mol. The first-order chi connectivity index (χ1) is 14.9. The average Bonchev–Trinajstić information content (AvgIpc) is 2.73. The fraction of sp³-hybridized carbons (Fsp3) is 0.481. The highest BCUT2D eigenvalue weighted by molar-refractivity contribution is 6.02. The number of fused-ring (bicyclic) bond motifs is 1. The molecule has 0 fully saturated rings.